The van der Waals surface area contributed by atoms with Crippen molar-refractivity contribution in [1.82, 2.24) is 14.9 Å². The molecule has 1 aliphatic rings. The molecule has 1 aromatic heterocycles. The SMILES string of the molecule is Oc1cccc(CN2CCN(c3ncc(Cl)cn3)CC2)c1. The number of piperazine rings is 1. The summed E-state index contributed by atoms with van der Waals surface area (Å²) in [7, 11) is 0. The standard InChI is InChI=1S/C15H17ClN4O/c16-13-9-17-15(18-10-13)20-6-4-19(5-7-20)11-12-2-1-3-14(21)8-12/h1-3,8-10,21H,4-7,11H2. The summed E-state index contributed by atoms with van der Waals surface area (Å²) in [5.41, 5.74) is 1.13. The molecule has 21 heavy (non-hydrogen) atoms. The van der Waals surface area contributed by atoms with Crippen LogP contribution in [0.1, 0.15) is 5.56 Å². The van der Waals surface area contributed by atoms with E-state index in [9.17, 15) is 5.11 Å². The van der Waals surface area contributed by atoms with Crippen LogP contribution in [0, 0.1) is 0 Å². The number of hydrogen-bond acceptors (Lipinski definition) is 5. The van der Waals surface area contributed by atoms with Crippen LogP contribution in [-0.2, 0) is 6.54 Å². The minimum Gasteiger partial charge on any atom is -0.508 e. The average Bonchev–Trinajstić information content (AvgIpc) is 2.49. The lowest BCUT2D eigenvalue weighted by Crippen LogP contribution is -2.46. The van der Waals surface area contributed by atoms with Crippen LogP contribution >= 0.6 is 11.6 Å². The summed E-state index contributed by atoms with van der Waals surface area (Å²) in [4.78, 5) is 13.0. The van der Waals surface area contributed by atoms with Gasteiger partial charge in [-0.15, -0.1) is 0 Å². The van der Waals surface area contributed by atoms with Crippen molar-refractivity contribution < 1.29 is 5.11 Å². The van der Waals surface area contributed by atoms with Crippen molar-refractivity contribution >= 4 is 17.5 Å². The van der Waals surface area contributed by atoms with Gasteiger partial charge in [0.15, 0.2) is 0 Å². The van der Waals surface area contributed by atoms with Gasteiger partial charge in [0.2, 0.25) is 5.95 Å². The molecule has 0 atom stereocenters. The Labute approximate surface area is 128 Å². The van der Waals surface area contributed by atoms with E-state index in [1.807, 2.05) is 18.2 Å². The maximum absolute atomic E-state index is 9.50. The summed E-state index contributed by atoms with van der Waals surface area (Å²) < 4.78 is 0. The van der Waals surface area contributed by atoms with Crippen LogP contribution in [0.3, 0.4) is 0 Å². The molecular formula is C15H17ClN4O. The molecule has 2 heterocycles. The van der Waals surface area contributed by atoms with Crippen LogP contribution in [-0.4, -0.2) is 46.2 Å². The monoisotopic (exact) mass is 304 g/mol. The van der Waals surface area contributed by atoms with Gasteiger partial charge in [-0.05, 0) is 17.7 Å². The lowest BCUT2D eigenvalue weighted by molar-refractivity contribution is 0.248. The molecule has 0 bridgehead atoms. The maximum Gasteiger partial charge on any atom is 0.225 e. The number of aromatic nitrogens is 2. The molecule has 1 aromatic carbocycles. The van der Waals surface area contributed by atoms with Crippen molar-refractivity contribution in [2.45, 2.75) is 6.54 Å². The Bertz CT molecular complexity index is 597. The molecule has 0 amide bonds. The van der Waals surface area contributed by atoms with Gasteiger partial charge in [0, 0.05) is 32.7 Å². The highest BCUT2D eigenvalue weighted by Gasteiger charge is 2.18. The molecule has 110 valence electrons. The van der Waals surface area contributed by atoms with Crippen molar-refractivity contribution in [3.05, 3.63) is 47.2 Å². The third-order valence-electron chi connectivity index (χ3n) is 3.58. The normalized spacial score (nSPS) is 16.1. The van der Waals surface area contributed by atoms with Gasteiger partial charge in [-0.1, -0.05) is 23.7 Å². The highest BCUT2D eigenvalue weighted by atomic mass is 35.5. The van der Waals surface area contributed by atoms with Crippen LogP contribution in [0.5, 0.6) is 5.75 Å². The molecule has 0 aliphatic carbocycles. The molecular weight excluding hydrogens is 288 g/mol. The Morgan fingerprint density at radius 2 is 1.81 bits per heavy atom. The fraction of sp³-hybridized carbons (Fsp3) is 0.333. The second-order valence-electron chi connectivity index (χ2n) is 5.13. The third kappa shape index (κ3) is 3.62. The minimum absolute atomic E-state index is 0.320. The van der Waals surface area contributed by atoms with Crippen LogP contribution in [0.4, 0.5) is 5.95 Å². The first kappa shape index (κ1) is 14.1. The minimum atomic E-state index is 0.320. The fourth-order valence-corrected chi connectivity index (χ4v) is 2.59. The van der Waals surface area contributed by atoms with Gasteiger partial charge in [-0.25, -0.2) is 9.97 Å². The number of halogens is 1. The zero-order valence-electron chi connectivity index (χ0n) is 11.6. The first-order valence-corrected chi connectivity index (χ1v) is 7.31. The number of phenolic OH excluding ortho intramolecular Hbond substituents is 1. The number of anilines is 1. The van der Waals surface area contributed by atoms with Gasteiger partial charge < -0.3 is 10.0 Å². The highest BCUT2D eigenvalue weighted by molar-refractivity contribution is 6.30. The summed E-state index contributed by atoms with van der Waals surface area (Å²) in [6, 6.07) is 7.42. The fourth-order valence-electron chi connectivity index (χ4n) is 2.49. The Balaban J connectivity index is 1.56. The molecule has 5 nitrogen and oxygen atoms in total. The first-order chi connectivity index (χ1) is 10.2. The van der Waals surface area contributed by atoms with Crippen molar-refractivity contribution in [1.29, 1.82) is 0 Å². The first-order valence-electron chi connectivity index (χ1n) is 6.93. The van der Waals surface area contributed by atoms with Crippen LogP contribution in [0.2, 0.25) is 5.02 Å². The van der Waals surface area contributed by atoms with E-state index in [-0.39, 0.29) is 0 Å². The number of hydrogen-bond donors (Lipinski definition) is 1. The van der Waals surface area contributed by atoms with Crippen molar-refractivity contribution in [2.75, 3.05) is 31.1 Å². The number of nitrogens with zero attached hydrogens (tertiary/aromatic N) is 4. The topological polar surface area (TPSA) is 52.5 Å². The van der Waals surface area contributed by atoms with E-state index in [1.165, 1.54) is 0 Å². The molecule has 0 radical (unpaired) electrons. The van der Waals surface area contributed by atoms with E-state index in [0.717, 1.165) is 44.2 Å². The van der Waals surface area contributed by atoms with Crippen LogP contribution in [0.15, 0.2) is 36.7 Å². The Kier molecular flexibility index (Phi) is 4.22. The van der Waals surface area contributed by atoms with E-state index in [0.29, 0.717) is 10.8 Å². The van der Waals surface area contributed by atoms with Gasteiger partial charge in [-0.2, -0.15) is 0 Å². The molecule has 1 saturated heterocycles. The van der Waals surface area contributed by atoms with E-state index < -0.39 is 0 Å². The average molecular weight is 305 g/mol. The molecule has 2 aromatic rings. The second kappa shape index (κ2) is 6.28. The molecule has 1 N–H and O–H groups in total. The van der Waals surface area contributed by atoms with Gasteiger partial charge in [0.1, 0.15) is 5.75 Å². The van der Waals surface area contributed by atoms with Gasteiger partial charge in [0.05, 0.1) is 17.4 Å². The van der Waals surface area contributed by atoms with E-state index in [4.69, 9.17) is 11.6 Å². The molecule has 0 unspecified atom stereocenters. The zero-order chi connectivity index (χ0) is 14.7. The lowest BCUT2D eigenvalue weighted by Gasteiger charge is -2.34. The number of benzene rings is 1. The number of rotatable bonds is 3. The van der Waals surface area contributed by atoms with Gasteiger partial charge >= 0.3 is 0 Å². The third-order valence-corrected chi connectivity index (χ3v) is 3.77. The van der Waals surface area contributed by atoms with Crippen LogP contribution in [0.25, 0.3) is 0 Å². The van der Waals surface area contributed by atoms with E-state index in [2.05, 4.69) is 19.8 Å². The summed E-state index contributed by atoms with van der Waals surface area (Å²) in [5, 5.41) is 10.1. The molecule has 1 fully saturated rings. The zero-order valence-corrected chi connectivity index (χ0v) is 12.4. The number of phenols is 1. The number of aromatic hydroxyl groups is 1. The smallest absolute Gasteiger partial charge is 0.225 e. The van der Waals surface area contributed by atoms with Crippen molar-refractivity contribution in [2.24, 2.45) is 0 Å². The Morgan fingerprint density at radius 1 is 1.10 bits per heavy atom. The van der Waals surface area contributed by atoms with Gasteiger partial charge in [0.25, 0.3) is 0 Å². The summed E-state index contributed by atoms with van der Waals surface area (Å²) in [5.74, 6) is 1.05. The van der Waals surface area contributed by atoms with E-state index in [1.54, 1.807) is 18.5 Å². The largest absolute Gasteiger partial charge is 0.508 e. The van der Waals surface area contributed by atoms with Crippen LogP contribution < -0.4 is 4.90 Å². The summed E-state index contributed by atoms with van der Waals surface area (Å²) in [6.45, 7) is 4.52. The molecule has 0 spiro atoms. The molecule has 0 saturated carbocycles. The lowest BCUT2D eigenvalue weighted by atomic mass is 10.2. The summed E-state index contributed by atoms with van der Waals surface area (Å²) >= 11 is 5.80. The second-order valence-corrected chi connectivity index (χ2v) is 5.57. The summed E-state index contributed by atoms with van der Waals surface area (Å²) in [6.07, 6.45) is 3.26. The molecule has 6 heteroatoms. The van der Waals surface area contributed by atoms with Crippen molar-refractivity contribution in [3.8, 4) is 5.75 Å². The molecule has 3 rings (SSSR count). The Morgan fingerprint density at radius 3 is 2.48 bits per heavy atom. The van der Waals surface area contributed by atoms with Gasteiger partial charge in [-0.3, -0.25) is 4.90 Å². The maximum atomic E-state index is 9.50. The highest BCUT2D eigenvalue weighted by Crippen LogP contribution is 2.16. The quantitative estimate of drug-likeness (QED) is 0.942. The van der Waals surface area contributed by atoms with E-state index >= 15 is 0 Å². The predicted octanol–water partition coefficient (Wildman–Crippen LogP) is 2.16. The Hall–Kier alpha value is -1.85. The predicted molar refractivity (Wildman–Crippen MR) is 82.6 cm³/mol. The van der Waals surface area contributed by atoms with Crippen molar-refractivity contribution in [3.63, 3.8) is 0 Å². The molecule has 1 aliphatic heterocycles.